The van der Waals surface area contributed by atoms with Crippen molar-refractivity contribution >= 4 is 11.8 Å². The van der Waals surface area contributed by atoms with Crippen molar-refractivity contribution in [2.75, 3.05) is 34.2 Å². The normalized spacial score (nSPS) is 10.2. The summed E-state index contributed by atoms with van der Waals surface area (Å²) < 4.78 is 0. The maximum Gasteiger partial charge on any atom is 0.253 e. The quantitative estimate of drug-likeness (QED) is 0.842. The van der Waals surface area contributed by atoms with Gasteiger partial charge in [0.1, 0.15) is 0 Å². The first kappa shape index (κ1) is 16.2. The van der Waals surface area contributed by atoms with Crippen LogP contribution in [0.5, 0.6) is 0 Å². The third kappa shape index (κ3) is 4.35. The van der Waals surface area contributed by atoms with E-state index in [1.165, 1.54) is 0 Å². The zero-order chi connectivity index (χ0) is 15.1. The molecule has 0 saturated carbocycles. The molecule has 0 spiro atoms. The maximum absolute atomic E-state index is 11.8. The van der Waals surface area contributed by atoms with Gasteiger partial charge in [0.25, 0.3) is 5.91 Å². The van der Waals surface area contributed by atoms with Crippen LogP contribution in [-0.2, 0) is 11.3 Å². The highest BCUT2D eigenvalue weighted by Crippen LogP contribution is 2.09. The highest BCUT2D eigenvalue weighted by molar-refractivity contribution is 5.93. The summed E-state index contributed by atoms with van der Waals surface area (Å²) in [5.74, 6) is 0.0543. The molecule has 1 N–H and O–H groups in total. The highest BCUT2D eigenvalue weighted by Gasteiger charge is 2.12. The van der Waals surface area contributed by atoms with Crippen LogP contribution >= 0.6 is 0 Å². The van der Waals surface area contributed by atoms with E-state index in [4.69, 9.17) is 0 Å². The second-order valence-corrected chi connectivity index (χ2v) is 4.83. The van der Waals surface area contributed by atoms with Crippen LogP contribution in [0.25, 0.3) is 0 Å². The number of benzene rings is 1. The van der Waals surface area contributed by atoms with Crippen molar-refractivity contribution in [3.05, 3.63) is 35.4 Å². The first-order valence-corrected chi connectivity index (χ1v) is 6.72. The van der Waals surface area contributed by atoms with Gasteiger partial charge in [-0.15, -0.1) is 0 Å². The minimum atomic E-state index is -0.0184. The Balaban J connectivity index is 2.73. The monoisotopic (exact) mass is 277 g/mol. The van der Waals surface area contributed by atoms with Gasteiger partial charge in [0.05, 0.1) is 6.54 Å². The number of carbonyl (C=O) groups excluding carboxylic acids is 2. The van der Waals surface area contributed by atoms with E-state index in [1.807, 2.05) is 19.1 Å². The Bertz CT molecular complexity index is 455. The van der Waals surface area contributed by atoms with Gasteiger partial charge in [0.2, 0.25) is 5.91 Å². The molecule has 2 amide bonds. The van der Waals surface area contributed by atoms with E-state index in [0.29, 0.717) is 25.2 Å². The number of likely N-dealkylation sites (N-methyl/N-ethyl adjacent to an activating group) is 2. The molecule has 5 heteroatoms. The van der Waals surface area contributed by atoms with Crippen molar-refractivity contribution in [2.45, 2.75) is 13.5 Å². The van der Waals surface area contributed by atoms with Gasteiger partial charge >= 0.3 is 0 Å². The number of carbonyl (C=O) groups is 2. The molecular weight excluding hydrogens is 254 g/mol. The van der Waals surface area contributed by atoms with Gasteiger partial charge in [0, 0.05) is 32.7 Å². The van der Waals surface area contributed by atoms with Crippen molar-refractivity contribution in [1.82, 2.24) is 15.1 Å². The van der Waals surface area contributed by atoms with Gasteiger partial charge in [0.15, 0.2) is 0 Å². The average molecular weight is 277 g/mol. The van der Waals surface area contributed by atoms with E-state index < -0.39 is 0 Å². The van der Waals surface area contributed by atoms with Crippen LogP contribution in [0.4, 0.5) is 0 Å². The van der Waals surface area contributed by atoms with E-state index in [-0.39, 0.29) is 11.8 Å². The van der Waals surface area contributed by atoms with Crippen LogP contribution in [0.3, 0.4) is 0 Å². The molecular formula is C15H23N3O2. The summed E-state index contributed by atoms with van der Waals surface area (Å²) in [6.45, 7) is 3.52. The van der Waals surface area contributed by atoms with Gasteiger partial charge < -0.3 is 15.1 Å². The summed E-state index contributed by atoms with van der Waals surface area (Å²) in [4.78, 5) is 26.9. The van der Waals surface area contributed by atoms with Gasteiger partial charge in [-0.25, -0.2) is 0 Å². The minimum Gasteiger partial charge on any atom is -0.345 e. The van der Waals surface area contributed by atoms with E-state index in [1.54, 1.807) is 43.1 Å². The molecule has 0 aliphatic rings. The number of amides is 2. The molecule has 0 saturated heterocycles. The Kier molecular flexibility index (Phi) is 6.18. The zero-order valence-electron chi connectivity index (χ0n) is 12.6. The Morgan fingerprint density at radius 2 is 1.75 bits per heavy atom. The molecule has 0 aromatic heterocycles. The lowest BCUT2D eigenvalue weighted by Crippen LogP contribution is -2.36. The first-order valence-electron chi connectivity index (χ1n) is 6.72. The first-order chi connectivity index (χ1) is 9.49. The number of hydrogen-bond acceptors (Lipinski definition) is 3. The van der Waals surface area contributed by atoms with Crippen LogP contribution in [0, 0.1) is 0 Å². The van der Waals surface area contributed by atoms with Crippen LogP contribution in [0.15, 0.2) is 24.3 Å². The van der Waals surface area contributed by atoms with Crippen molar-refractivity contribution in [3.8, 4) is 0 Å². The number of nitrogens with one attached hydrogen (secondary N) is 1. The van der Waals surface area contributed by atoms with Crippen LogP contribution in [0.1, 0.15) is 22.8 Å². The molecule has 0 heterocycles. The number of nitrogens with zero attached hydrogens (tertiary/aromatic N) is 2. The van der Waals surface area contributed by atoms with E-state index >= 15 is 0 Å². The predicted molar refractivity (Wildman–Crippen MR) is 79.5 cm³/mol. The Hall–Kier alpha value is -1.88. The molecule has 0 unspecified atom stereocenters. The topological polar surface area (TPSA) is 52.7 Å². The fourth-order valence-electron chi connectivity index (χ4n) is 1.87. The molecule has 1 rings (SSSR count). The lowest BCUT2D eigenvalue weighted by molar-refractivity contribution is -0.130. The summed E-state index contributed by atoms with van der Waals surface area (Å²) in [5, 5.41) is 2.86. The van der Waals surface area contributed by atoms with Crippen molar-refractivity contribution < 1.29 is 9.59 Å². The molecule has 0 atom stereocenters. The lowest BCUT2D eigenvalue weighted by Gasteiger charge is -2.21. The zero-order valence-corrected chi connectivity index (χ0v) is 12.6. The van der Waals surface area contributed by atoms with Gasteiger partial charge in [-0.3, -0.25) is 9.59 Å². The van der Waals surface area contributed by atoms with E-state index in [0.717, 1.165) is 5.56 Å². The maximum atomic E-state index is 11.8. The predicted octanol–water partition coefficient (Wildman–Crippen LogP) is 0.956. The largest absolute Gasteiger partial charge is 0.345 e. The van der Waals surface area contributed by atoms with Crippen LogP contribution < -0.4 is 5.32 Å². The van der Waals surface area contributed by atoms with Crippen molar-refractivity contribution in [3.63, 3.8) is 0 Å². The summed E-state index contributed by atoms with van der Waals surface area (Å²) in [5.41, 5.74) is 1.68. The van der Waals surface area contributed by atoms with Gasteiger partial charge in [-0.2, -0.15) is 0 Å². The van der Waals surface area contributed by atoms with Gasteiger partial charge in [-0.1, -0.05) is 12.1 Å². The molecule has 1 aromatic carbocycles. The van der Waals surface area contributed by atoms with Crippen molar-refractivity contribution in [2.24, 2.45) is 0 Å². The molecule has 20 heavy (non-hydrogen) atoms. The van der Waals surface area contributed by atoms with E-state index in [9.17, 15) is 9.59 Å². The minimum absolute atomic E-state index is 0.0184. The van der Waals surface area contributed by atoms with Crippen LogP contribution in [0.2, 0.25) is 0 Å². The molecule has 0 radical (unpaired) electrons. The number of rotatable bonds is 6. The highest BCUT2D eigenvalue weighted by atomic mass is 16.2. The van der Waals surface area contributed by atoms with Crippen molar-refractivity contribution in [1.29, 1.82) is 0 Å². The number of hydrogen-bond donors (Lipinski definition) is 1. The second-order valence-electron chi connectivity index (χ2n) is 4.83. The Labute approximate surface area is 120 Å². The van der Waals surface area contributed by atoms with Gasteiger partial charge in [-0.05, 0) is 31.7 Å². The Morgan fingerprint density at radius 3 is 2.20 bits per heavy atom. The third-order valence-corrected chi connectivity index (χ3v) is 3.04. The molecule has 0 fully saturated rings. The summed E-state index contributed by atoms with van der Waals surface area (Å²) in [6.07, 6.45) is 0. The summed E-state index contributed by atoms with van der Waals surface area (Å²) in [7, 11) is 5.21. The Morgan fingerprint density at radius 1 is 1.15 bits per heavy atom. The van der Waals surface area contributed by atoms with Crippen LogP contribution in [-0.4, -0.2) is 55.8 Å². The smallest absolute Gasteiger partial charge is 0.253 e. The fraction of sp³-hybridized carbons (Fsp3) is 0.467. The molecule has 1 aromatic rings. The molecule has 5 nitrogen and oxygen atoms in total. The SMILES string of the molecule is CCN(Cc1ccc(C(=O)N(C)C)cc1)C(=O)CNC. The lowest BCUT2D eigenvalue weighted by atomic mass is 10.1. The molecule has 110 valence electrons. The fourth-order valence-corrected chi connectivity index (χ4v) is 1.87. The molecule has 0 aliphatic carbocycles. The third-order valence-electron chi connectivity index (χ3n) is 3.04. The molecule has 0 aliphatic heterocycles. The van der Waals surface area contributed by atoms with E-state index in [2.05, 4.69) is 5.32 Å². The summed E-state index contributed by atoms with van der Waals surface area (Å²) >= 11 is 0. The summed E-state index contributed by atoms with van der Waals surface area (Å²) in [6, 6.07) is 7.39. The second kappa shape index (κ2) is 7.65. The average Bonchev–Trinajstić information content (AvgIpc) is 2.44. The molecule has 0 bridgehead atoms. The standard InChI is InChI=1S/C15H23N3O2/c1-5-18(14(19)10-16-2)11-12-6-8-13(9-7-12)15(20)17(3)4/h6-9,16H,5,10-11H2,1-4H3.